The van der Waals surface area contributed by atoms with E-state index < -0.39 is 5.60 Å². The van der Waals surface area contributed by atoms with E-state index in [2.05, 4.69) is 75.2 Å². The van der Waals surface area contributed by atoms with Crippen molar-refractivity contribution < 1.29 is 5.11 Å². The summed E-state index contributed by atoms with van der Waals surface area (Å²) in [5.74, 6) is 1.67. The van der Waals surface area contributed by atoms with Gasteiger partial charge in [-0.15, -0.1) is 0 Å². The molecule has 2 aliphatic rings. The highest BCUT2D eigenvalue weighted by Crippen LogP contribution is 2.44. The number of hydrogen-bond acceptors (Lipinski definition) is 7. The standard InChI is InChI=1S/C31H40N8O/c1-22-18-24-20-36(4)29(23-8-6-5-7-9-23)27(24)28-25(22)19-32-30(34-28)33-26-10-11-39(35-26)17-16-37-12-14-38(15-13-37)21-31(2,3)40/h5-11,19-20,22,40H,12-18,21H2,1-4H3,(H,32,33,34,35)/t22-/m1/s1. The Labute approximate surface area is 236 Å². The first-order valence-electron chi connectivity index (χ1n) is 14.3. The smallest absolute Gasteiger partial charge is 0.228 e. The number of piperazine rings is 1. The maximum Gasteiger partial charge on any atom is 0.228 e. The molecule has 0 saturated carbocycles. The summed E-state index contributed by atoms with van der Waals surface area (Å²) in [6, 6.07) is 12.5. The van der Waals surface area contributed by atoms with Crippen LogP contribution in [0.1, 0.15) is 37.8 Å². The van der Waals surface area contributed by atoms with Crippen molar-refractivity contribution in [3.05, 3.63) is 66.1 Å². The lowest BCUT2D eigenvalue weighted by Crippen LogP contribution is -2.50. The van der Waals surface area contributed by atoms with Crippen LogP contribution in [0.15, 0.2) is 55.0 Å². The highest BCUT2D eigenvalue weighted by Gasteiger charge is 2.29. The number of rotatable bonds is 8. The van der Waals surface area contributed by atoms with Crippen LogP contribution in [0.3, 0.4) is 0 Å². The Bertz CT molecular complexity index is 1460. The van der Waals surface area contributed by atoms with Crippen molar-refractivity contribution in [3.63, 3.8) is 0 Å². The number of benzene rings is 1. The largest absolute Gasteiger partial charge is 0.389 e. The molecule has 210 valence electrons. The van der Waals surface area contributed by atoms with Crippen molar-refractivity contribution in [2.24, 2.45) is 7.05 Å². The zero-order chi connectivity index (χ0) is 27.9. The van der Waals surface area contributed by atoms with Crippen LogP contribution in [0.5, 0.6) is 0 Å². The van der Waals surface area contributed by atoms with Crippen LogP contribution >= 0.6 is 0 Å². The van der Waals surface area contributed by atoms with Gasteiger partial charge >= 0.3 is 0 Å². The normalized spacial score (nSPS) is 18.0. The first-order chi connectivity index (χ1) is 19.2. The molecule has 3 aromatic heterocycles. The molecule has 1 aliphatic heterocycles. The summed E-state index contributed by atoms with van der Waals surface area (Å²) in [5.41, 5.74) is 6.48. The predicted molar refractivity (Wildman–Crippen MR) is 159 cm³/mol. The van der Waals surface area contributed by atoms with E-state index in [0.29, 0.717) is 11.9 Å². The van der Waals surface area contributed by atoms with Crippen molar-refractivity contribution >= 4 is 11.8 Å². The SMILES string of the molecule is C[C@@H]1Cc2cn(C)c(-c3ccccc3)c2-c2nc(Nc3ccn(CCN4CCN(CC(C)(C)O)CC4)n3)ncc21. The third-order valence-electron chi connectivity index (χ3n) is 8.02. The number of nitrogens with zero attached hydrogens (tertiary/aromatic N) is 7. The summed E-state index contributed by atoms with van der Waals surface area (Å²) in [4.78, 5) is 14.5. The third kappa shape index (κ3) is 5.68. The second-order valence-corrected chi connectivity index (χ2v) is 12.0. The summed E-state index contributed by atoms with van der Waals surface area (Å²) < 4.78 is 4.21. The first kappa shape index (κ1) is 26.7. The Morgan fingerprint density at radius 1 is 1.02 bits per heavy atom. The van der Waals surface area contributed by atoms with E-state index in [9.17, 15) is 5.11 Å². The molecule has 40 heavy (non-hydrogen) atoms. The van der Waals surface area contributed by atoms with Gasteiger partial charge in [-0.25, -0.2) is 9.97 Å². The molecule has 9 nitrogen and oxygen atoms in total. The fourth-order valence-corrected chi connectivity index (χ4v) is 6.14. The Balaban J connectivity index is 1.14. The van der Waals surface area contributed by atoms with E-state index in [1.165, 1.54) is 27.9 Å². The minimum Gasteiger partial charge on any atom is -0.389 e. The summed E-state index contributed by atoms with van der Waals surface area (Å²) in [6.45, 7) is 12.5. The predicted octanol–water partition coefficient (Wildman–Crippen LogP) is 4.14. The van der Waals surface area contributed by atoms with Gasteiger partial charge in [-0.1, -0.05) is 37.3 Å². The van der Waals surface area contributed by atoms with Crippen molar-refractivity contribution in [2.45, 2.75) is 45.3 Å². The second-order valence-electron chi connectivity index (χ2n) is 12.0. The molecule has 1 fully saturated rings. The van der Waals surface area contributed by atoms with Crippen LogP contribution in [-0.2, 0) is 20.0 Å². The molecular formula is C31H40N8O. The quantitative estimate of drug-likeness (QED) is 0.347. The number of fused-ring (bicyclic) bond motifs is 3. The molecule has 2 N–H and O–H groups in total. The van der Waals surface area contributed by atoms with Crippen LogP contribution < -0.4 is 5.32 Å². The number of nitrogens with one attached hydrogen (secondary N) is 1. The fraction of sp³-hybridized carbons (Fsp3) is 0.452. The zero-order valence-electron chi connectivity index (χ0n) is 24.0. The molecule has 1 aliphatic carbocycles. The van der Waals surface area contributed by atoms with Crippen molar-refractivity contribution in [2.75, 3.05) is 44.6 Å². The van der Waals surface area contributed by atoms with Crippen molar-refractivity contribution in [1.82, 2.24) is 34.1 Å². The highest BCUT2D eigenvalue weighted by molar-refractivity contribution is 5.86. The lowest BCUT2D eigenvalue weighted by molar-refractivity contribution is 0.0173. The summed E-state index contributed by atoms with van der Waals surface area (Å²) in [7, 11) is 2.12. The molecule has 0 radical (unpaired) electrons. The number of aliphatic hydroxyl groups is 1. The number of aryl methyl sites for hydroxylation is 1. The van der Waals surface area contributed by atoms with Gasteiger partial charge in [0.15, 0.2) is 5.82 Å². The van der Waals surface area contributed by atoms with Crippen LogP contribution in [0.4, 0.5) is 11.8 Å². The Kier molecular flexibility index (Phi) is 7.20. The molecule has 4 heterocycles. The van der Waals surface area contributed by atoms with Gasteiger partial charge in [0, 0.05) is 82.1 Å². The molecular weight excluding hydrogens is 500 g/mol. The van der Waals surface area contributed by atoms with E-state index in [4.69, 9.17) is 10.1 Å². The Morgan fingerprint density at radius 3 is 2.52 bits per heavy atom. The third-order valence-corrected chi connectivity index (χ3v) is 8.02. The van der Waals surface area contributed by atoms with E-state index in [1.807, 2.05) is 37.0 Å². The summed E-state index contributed by atoms with van der Waals surface area (Å²) >= 11 is 0. The van der Waals surface area contributed by atoms with Crippen molar-refractivity contribution in [3.8, 4) is 22.5 Å². The second kappa shape index (κ2) is 10.8. The number of β-amino-alcohol motifs (C(OH)–C–C–N with tert-alkyl or cyclic N) is 1. The number of hydrogen-bond donors (Lipinski definition) is 2. The minimum absolute atomic E-state index is 0.360. The lowest BCUT2D eigenvalue weighted by atomic mass is 9.83. The van der Waals surface area contributed by atoms with Gasteiger partial charge in [-0.3, -0.25) is 14.5 Å². The van der Waals surface area contributed by atoms with Crippen LogP contribution in [0.2, 0.25) is 0 Å². The molecule has 0 unspecified atom stereocenters. The molecule has 9 heteroatoms. The molecule has 6 rings (SSSR count). The molecule has 4 aromatic rings. The summed E-state index contributed by atoms with van der Waals surface area (Å²) in [5, 5.41) is 18.2. The topological polar surface area (TPSA) is 87.3 Å². The van der Waals surface area contributed by atoms with E-state index in [1.54, 1.807) is 0 Å². The van der Waals surface area contributed by atoms with Crippen LogP contribution in [-0.4, -0.2) is 84.1 Å². The number of aromatic nitrogens is 5. The molecule has 1 atom stereocenters. The molecule has 0 spiro atoms. The first-order valence-corrected chi connectivity index (χ1v) is 14.3. The molecule has 0 amide bonds. The lowest BCUT2D eigenvalue weighted by Gasteiger charge is -2.37. The van der Waals surface area contributed by atoms with Gasteiger partial charge in [0.05, 0.1) is 23.5 Å². The fourth-order valence-electron chi connectivity index (χ4n) is 6.14. The van der Waals surface area contributed by atoms with E-state index in [0.717, 1.165) is 63.7 Å². The van der Waals surface area contributed by atoms with Gasteiger partial charge in [0.2, 0.25) is 5.95 Å². The maximum atomic E-state index is 10.1. The monoisotopic (exact) mass is 540 g/mol. The van der Waals surface area contributed by atoms with Crippen LogP contribution in [0, 0.1) is 0 Å². The molecule has 1 aromatic carbocycles. The van der Waals surface area contributed by atoms with Gasteiger partial charge in [-0.2, -0.15) is 5.10 Å². The Morgan fingerprint density at radius 2 is 1.77 bits per heavy atom. The van der Waals surface area contributed by atoms with Gasteiger partial charge in [-0.05, 0) is 37.3 Å². The molecule has 0 bridgehead atoms. The van der Waals surface area contributed by atoms with Gasteiger partial charge in [0.25, 0.3) is 0 Å². The van der Waals surface area contributed by atoms with Crippen molar-refractivity contribution in [1.29, 1.82) is 0 Å². The zero-order valence-corrected chi connectivity index (χ0v) is 24.0. The average Bonchev–Trinajstić information content (AvgIpc) is 3.51. The Hall–Kier alpha value is -3.53. The number of anilines is 2. The van der Waals surface area contributed by atoms with Gasteiger partial charge < -0.3 is 15.0 Å². The molecule has 1 saturated heterocycles. The maximum absolute atomic E-state index is 10.1. The van der Waals surface area contributed by atoms with Crippen LogP contribution in [0.25, 0.3) is 22.5 Å². The highest BCUT2D eigenvalue weighted by atomic mass is 16.3. The van der Waals surface area contributed by atoms with E-state index in [-0.39, 0.29) is 0 Å². The average molecular weight is 541 g/mol. The summed E-state index contributed by atoms with van der Waals surface area (Å²) in [6.07, 6.45) is 7.23. The minimum atomic E-state index is -0.645. The van der Waals surface area contributed by atoms with E-state index >= 15 is 0 Å². The van der Waals surface area contributed by atoms with Gasteiger partial charge in [0.1, 0.15) is 0 Å².